The molecular formula is C19H22N2O5S. The van der Waals surface area contributed by atoms with Gasteiger partial charge in [-0.05, 0) is 24.1 Å². The fraction of sp³-hybridized carbons (Fsp3) is 0.263. The third kappa shape index (κ3) is 5.82. The van der Waals surface area contributed by atoms with Crippen molar-refractivity contribution in [3.05, 3.63) is 65.7 Å². The molecule has 0 radical (unpaired) electrons. The van der Waals surface area contributed by atoms with Crippen LogP contribution in [0.25, 0.3) is 0 Å². The molecule has 0 fully saturated rings. The quantitative estimate of drug-likeness (QED) is 0.691. The van der Waals surface area contributed by atoms with Gasteiger partial charge in [-0.3, -0.25) is 9.10 Å². The number of amides is 1. The van der Waals surface area contributed by atoms with Crippen LogP contribution in [-0.4, -0.2) is 46.7 Å². The number of hydrogen-bond donors (Lipinski definition) is 1. The molecule has 0 saturated heterocycles. The second kappa shape index (κ2) is 9.18. The molecule has 0 saturated carbocycles. The van der Waals surface area contributed by atoms with E-state index < -0.39 is 28.4 Å². The van der Waals surface area contributed by atoms with Gasteiger partial charge in [0.15, 0.2) is 0 Å². The third-order valence-electron chi connectivity index (χ3n) is 3.84. The van der Waals surface area contributed by atoms with Crippen molar-refractivity contribution in [2.45, 2.75) is 6.42 Å². The predicted octanol–water partition coefficient (Wildman–Crippen LogP) is 1.60. The normalized spacial score (nSPS) is 10.9. The average Bonchev–Trinajstić information content (AvgIpc) is 2.65. The predicted molar refractivity (Wildman–Crippen MR) is 103 cm³/mol. The van der Waals surface area contributed by atoms with Gasteiger partial charge >= 0.3 is 5.97 Å². The molecule has 0 spiro atoms. The molecule has 1 amide bonds. The summed E-state index contributed by atoms with van der Waals surface area (Å²) in [5.41, 5.74) is 1.24. The summed E-state index contributed by atoms with van der Waals surface area (Å²) in [7, 11) is -2.58. The van der Waals surface area contributed by atoms with E-state index in [9.17, 15) is 18.0 Å². The fourth-order valence-corrected chi connectivity index (χ4v) is 3.40. The van der Waals surface area contributed by atoms with E-state index in [0.717, 1.165) is 16.1 Å². The maximum Gasteiger partial charge on any atom is 0.340 e. The first-order valence-corrected chi connectivity index (χ1v) is 10.1. The molecule has 0 aromatic heterocycles. The summed E-state index contributed by atoms with van der Waals surface area (Å²) in [6.45, 7) is -0.0548. The number of benzene rings is 2. The van der Waals surface area contributed by atoms with Crippen molar-refractivity contribution < 1.29 is 22.7 Å². The fourth-order valence-electron chi connectivity index (χ4n) is 2.53. The Morgan fingerprint density at radius 2 is 1.67 bits per heavy atom. The third-order valence-corrected chi connectivity index (χ3v) is 4.97. The summed E-state index contributed by atoms with van der Waals surface area (Å²) in [5, 5.41) is 2.70. The van der Waals surface area contributed by atoms with Gasteiger partial charge in [-0.1, -0.05) is 42.5 Å². The monoisotopic (exact) mass is 390 g/mol. The van der Waals surface area contributed by atoms with Gasteiger partial charge in [0.05, 0.1) is 24.6 Å². The number of anilines is 1. The molecule has 7 nitrogen and oxygen atoms in total. The molecule has 2 rings (SSSR count). The Bertz CT molecular complexity index is 897. The first kappa shape index (κ1) is 20.4. The van der Waals surface area contributed by atoms with E-state index in [1.54, 1.807) is 12.1 Å². The second-order valence-electron chi connectivity index (χ2n) is 5.86. The number of nitrogens with one attached hydrogen (secondary N) is 1. The summed E-state index contributed by atoms with van der Waals surface area (Å²) in [5.74, 6) is -1.14. The number of carbonyl (C=O) groups is 2. The molecular weight excluding hydrogens is 368 g/mol. The van der Waals surface area contributed by atoms with Crippen LogP contribution in [-0.2, 0) is 26.0 Å². The molecule has 0 aliphatic carbocycles. The second-order valence-corrected chi connectivity index (χ2v) is 7.77. The summed E-state index contributed by atoms with van der Waals surface area (Å²) in [6.07, 6.45) is 1.61. The highest BCUT2D eigenvalue weighted by atomic mass is 32.2. The molecule has 27 heavy (non-hydrogen) atoms. The van der Waals surface area contributed by atoms with Gasteiger partial charge in [-0.15, -0.1) is 0 Å². The minimum Gasteiger partial charge on any atom is -0.465 e. The van der Waals surface area contributed by atoms with E-state index in [1.807, 2.05) is 30.3 Å². The van der Waals surface area contributed by atoms with Crippen LogP contribution in [0, 0.1) is 0 Å². The number of sulfonamides is 1. The first-order chi connectivity index (χ1) is 12.8. The molecule has 0 heterocycles. The van der Waals surface area contributed by atoms with Crippen LogP contribution in [0.2, 0.25) is 0 Å². The molecule has 0 atom stereocenters. The van der Waals surface area contributed by atoms with Crippen LogP contribution >= 0.6 is 0 Å². The molecule has 0 unspecified atom stereocenters. The Morgan fingerprint density at radius 1 is 1.04 bits per heavy atom. The summed E-state index contributed by atoms with van der Waals surface area (Å²) in [4.78, 5) is 24.2. The van der Waals surface area contributed by atoms with E-state index in [0.29, 0.717) is 13.0 Å². The minimum absolute atomic E-state index is 0.0718. The van der Waals surface area contributed by atoms with Crippen LogP contribution in [0.5, 0.6) is 0 Å². The molecule has 2 aromatic carbocycles. The van der Waals surface area contributed by atoms with Crippen molar-refractivity contribution in [1.82, 2.24) is 5.32 Å². The van der Waals surface area contributed by atoms with Crippen molar-refractivity contribution in [2.24, 2.45) is 0 Å². The standard InChI is InChI=1S/C19H22N2O5S/c1-26-19(23)16-10-6-7-11-17(16)21(27(2,24)25)14-18(22)20-13-12-15-8-4-3-5-9-15/h3-11H,12-14H2,1-2H3,(H,20,22). The van der Waals surface area contributed by atoms with Crippen LogP contribution in [0.15, 0.2) is 54.6 Å². The van der Waals surface area contributed by atoms with Crippen LogP contribution < -0.4 is 9.62 Å². The van der Waals surface area contributed by atoms with Gasteiger partial charge in [0.25, 0.3) is 0 Å². The molecule has 2 aromatic rings. The number of para-hydroxylation sites is 1. The van der Waals surface area contributed by atoms with Gasteiger partial charge in [-0.25, -0.2) is 13.2 Å². The van der Waals surface area contributed by atoms with Crippen LogP contribution in [0.3, 0.4) is 0 Å². The lowest BCUT2D eigenvalue weighted by atomic mass is 10.1. The molecule has 0 aliphatic rings. The average molecular weight is 390 g/mol. The lowest BCUT2D eigenvalue weighted by Gasteiger charge is -2.23. The zero-order valence-corrected chi connectivity index (χ0v) is 16.0. The Kier molecular flexibility index (Phi) is 6.95. The number of esters is 1. The van der Waals surface area contributed by atoms with E-state index in [-0.39, 0.29) is 11.3 Å². The molecule has 8 heteroatoms. The smallest absolute Gasteiger partial charge is 0.340 e. The zero-order chi connectivity index (χ0) is 19.9. The molecule has 0 bridgehead atoms. The van der Waals surface area contributed by atoms with Gasteiger partial charge < -0.3 is 10.1 Å². The number of nitrogens with zero attached hydrogens (tertiary/aromatic N) is 1. The maximum absolute atomic E-state index is 12.3. The minimum atomic E-state index is -3.79. The van der Waals surface area contributed by atoms with Crippen molar-refractivity contribution >= 4 is 27.6 Å². The van der Waals surface area contributed by atoms with Gasteiger partial charge in [0, 0.05) is 6.54 Å². The van der Waals surface area contributed by atoms with E-state index in [1.165, 1.54) is 19.2 Å². The Labute approximate surface area is 159 Å². The van der Waals surface area contributed by atoms with E-state index in [2.05, 4.69) is 5.32 Å². The molecule has 0 aliphatic heterocycles. The number of ether oxygens (including phenoxy) is 1. The maximum atomic E-state index is 12.3. The van der Waals surface area contributed by atoms with Gasteiger partial charge in [0.1, 0.15) is 6.54 Å². The Balaban J connectivity index is 2.12. The van der Waals surface area contributed by atoms with E-state index in [4.69, 9.17) is 4.74 Å². The topological polar surface area (TPSA) is 92.8 Å². The zero-order valence-electron chi connectivity index (χ0n) is 15.2. The van der Waals surface area contributed by atoms with Gasteiger partial charge in [0.2, 0.25) is 15.9 Å². The van der Waals surface area contributed by atoms with Crippen LogP contribution in [0.4, 0.5) is 5.69 Å². The first-order valence-electron chi connectivity index (χ1n) is 8.28. The number of methoxy groups -OCH3 is 1. The van der Waals surface area contributed by atoms with Crippen LogP contribution in [0.1, 0.15) is 15.9 Å². The number of hydrogen-bond acceptors (Lipinski definition) is 5. The summed E-state index contributed by atoms with van der Waals surface area (Å²) < 4.78 is 30.0. The summed E-state index contributed by atoms with van der Waals surface area (Å²) in [6, 6.07) is 15.7. The summed E-state index contributed by atoms with van der Waals surface area (Å²) >= 11 is 0. The molecule has 144 valence electrons. The Hall–Kier alpha value is -2.87. The van der Waals surface area contributed by atoms with Crippen molar-refractivity contribution in [3.63, 3.8) is 0 Å². The highest BCUT2D eigenvalue weighted by molar-refractivity contribution is 7.92. The number of carbonyl (C=O) groups excluding carboxylic acids is 2. The Morgan fingerprint density at radius 3 is 2.30 bits per heavy atom. The largest absolute Gasteiger partial charge is 0.465 e. The SMILES string of the molecule is COC(=O)c1ccccc1N(CC(=O)NCCc1ccccc1)S(C)(=O)=O. The highest BCUT2D eigenvalue weighted by Crippen LogP contribution is 2.23. The highest BCUT2D eigenvalue weighted by Gasteiger charge is 2.25. The number of rotatable bonds is 8. The van der Waals surface area contributed by atoms with Crippen molar-refractivity contribution in [1.29, 1.82) is 0 Å². The van der Waals surface area contributed by atoms with E-state index >= 15 is 0 Å². The molecule has 1 N–H and O–H groups in total. The van der Waals surface area contributed by atoms with Crippen molar-refractivity contribution in [2.75, 3.05) is 30.8 Å². The van der Waals surface area contributed by atoms with Gasteiger partial charge in [-0.2, -0.15) is 0 Å². The lowest BCUT2D eigenvalue weighted by Crippen LogP contribution is -2.41. The lowest BCUT2D eigenvalue weighted by molar-refractivity contribution is -0.119. The van der Waals surface area contributed by atoms with Crippen molar-refractivity contribution in [3.8, 4) is 0 Å².